The van der Waals surface area contributed by atoms with Crippen molar-refractivity contribution in [1.82, 2.24) is 25.1 Å². The van der Waals surface area contributed by atoms with E-state index in [0.717, 1.165) is 35.1 Å². The predicted molar refractivity (Wildman–Crippen MR) is 86.5 cm³/mol. The van der Waals surface area contributed by atoms with Gasteiger partial charge in [0.1, 0.15) is 5.52 Å². The summed E-state index contributed by atoms with van der Waals surface area (Å²) in [6.45, 7) is 2.97. The van der Waals surface area contributed by atoms with E-state index in [0.29, 0.717) is 11.7 Å². The molecule has 0 spiro atoms. The van der Waals surface area contributed by atoms with Crippen LogP contribution in [0.2, 0.25) is 0 Å². The lowest BCUT2D eigenvalue weighted by atomic mass is 10.2. The van der Waals surface area contributed by atoms with Crippen LogP contribution in [0.3, 0.4) is 0 Å². The third-order valence-electron chi connectivity index (χ3n) is 3.65. The molecular formula is C17H15N5O. The molecule has 6 nitrogen and oxygen atoms in total. The Morgan fingerprint density at radius 3 is 2.74 bits per heavy atom. The predicted octanol–water partition coefficient (Wildman–Crippen LogP) is 3.56. The Labute approximate surface area is 132 Å². The van der Waals surface area contributed by atoms with Gasteiger partial charge in [0.05, 0.1) is 5.52 Å². The Bertz CT molecular complexity index is 942. The van der Waals surface area contributed by atoms with Gasteiger partial charge >= 0.3 is 0 Å². The second-order valence-electron chi connectivity index (χ2n) is 5.31. The molecule has 0 aliphatic heterocycles. The molecule has 2 heterocycles. The van der Waals surface area contributed by atoms with Gasteiger partial charge in [-0.25, -0.2) is 4.68 Å². The summed E-state index contributed by atoms with van der Waals surface area (Å²) in [7, 11) is 0. The van der Waals surface area contributed by atoms with E-state index < -0.39 is 0 Å². The van der Waals surface area contributed by atoms with Gasteiger partial charge in [-0.2, -0.15) is 4.98 Å². The molecule has 0 atom stereocenters. The molecule has 2 aromatic heterocycles. The molecule has 23 heavy (non-hydrogen) atoms. The van der Waals surface area contributed by atoms with E-state index in [2.05, 4.69) is 27.4 Å². The zero-order valence-corrected chi connectivity index (χ0v) is 12.7. The standard InChI is InChI=1S/C17H15N5O/c1-2-10-22-15-9-8-13(11-14(15)19-21-22)17-18-16(20-23-17)12-6-4-3-5-7-12/h3-9,11H,2,10H2,1H3. The van der Waals surface area contributed by atoms with Crippen molar-refractivity contribution in [2.24, 2.45) is 0 Å². The first-order valence-corrected chi connectivity index (χ1v) is 7.58. The first-order chi connectivity index (χ1) is 11.3. The van der Waals surface area contributed by atoms with E-state index in [-0.39, 0.29) is 0 Å². The van der Waals surface area contributed by atoms with Crippen molar-refractivity contribution in [1.29, 1.82) is 0 Å². The maximum absolute atomic E-state index is 5.39. The highest BCUT2D eigenvalue weighted by Gasteiger charge is 2.12. The first kappa shape index (κ1) is 13.6. The Kier molecular flexibility index (Phi) is 3.34. The van der Waals surface area contributed by atoms with Crippen molar-refractivity contribution >= 4 is 11.0 Å². The molecule has 0 aliphatic carbocycles. The van der Waals surface area contributed by atoms with Crippen molar-refractivity contribution in [3.63, 3.8) is 0 Å². The summed E-state index contributed by atoms with van der Waals surface area (Å²) >= 11 is 0. The monoisotopic (exact) mass is 305 g/mol. The average molecular weight is 305 g/mol. The SMILES string of the molecule is CCCn1nnc2cc(-c3nc(-c4ccccc4)no3)ccc21. The van der Waals surface area contributed by atoms with Gasteiger partial charge in [0.15, 0.2) is 0 Å². The van der Waals surface area contributed by atoms with E-state index in [9.17, 15) is 0 Å². The zero-order chi connectivity index (χ0) is 15.6. The first-order valence-electron chi connectivity index (χ1n) is 7.58. The van der Waals surface area contributed by atoms with Crippen LogP contribution in [-0.2, 0) is 6.54 Å². The maximum Gasteiger partial charge on any atom is 0.258 e. The molecule has 0 amide bonds. The number of fused-ring (bicyclic) bond motifs is 1. The number of benzene rings is 2. The summed E-state index contributed by atoms with van der Waals surface area (Å²) in [4.78, 5) is 4.47. The average Bonchev–Trinajstić information content (AvgIpc) is 3.23. The van der Waals surface area contributed by atoms with Gasteiger partial charge in [-0.05, 0) is 24.6 Å². The fourth-order valence-corrected chi connectivity index (χ4v) is 2.53. The fraction of sp³-hybridized carbons (Fsp3) is 0.176. The number of aromatic nitrogens is 5. The largest absolute Gasteiger partial charge is 0.334 e. The van der Waals surface area contributed by atoms with Crippen LogP contribution in [0.15, 0.2) is 53.1 Å². The third kappa shape index (κ3) is 2.48. The molecule has 114 valence electrons. The minimum absolute atomic E-state index is 0.482. The number of rotatable bonds is 4. The normalized spacial score (nSPS) is 11.2. The topological polar surface area (TPSA) is 69.6 Å². The molecule has 4 rings (SSSR count). The van der Waals surface area contributed by atoms with E-state index in [4.69, 9.17) is 4.52 Å². The maximum atomic E-state index is 5.39. The van der Waals surface area contributed by atoms with Crippen LogP contribution in [0.1, 0.15) is 13.3 Å². The van der Waals surface area contributed by atoms with E-state index >= 15 is 0 Å². The van der Waals surface area contributed by atoms with Gasteiger partial charge in [-0.3, -0.25) is 0 Å². The smallest absolute Gasteiger partial charge is 0.258 e. The van der Waals surface area contributed by atoms with Gasteiger partial charge in [0, 0.05) is 17.7 Å². The minimum Gasteiger partial charge on any atom is -0.334 e. The Morgan fingerprint density at radius 1 is 1.04 bits per heavy atom. The summed E-state index contributed by atoms with van der Waals surface area (Å²) in [5.41, 5.74) is 3.61. The molecule has 0 fully saturated rings. The summed E-state index contributed by atoms with van der Waals surface area (Å²) in [6, 6.07) is 15.6. The van der Waals surface area contributed by atoms with Crippen molar-refractivity contribution < 1.29 is 4.52 Å². The molecular weight excluding hydrogens is 290 g/mol. The molecule has 4 aromatic rings. The van der Waals surface area contributed by atoms with Gasteiger partial charge in [0.25, 0.3) is 5.89 Å². The lowest BCUT2D eigenvalue weighted by Crippen LogP contribution is -1.98. The van der Waals surface area contributed by atoms with E-state index in [1.54, 1.807) is 0 Å². The van der Waals surface area contributed by atoms with Crippen molar-refractivity contribution in [2.45, 2.75) is 19.9 Å². The highest BCUT2D eigenvalue weighted by molar-refractivity contribution is 5.79. The van der Waals surface area contributed by atoms with Crippen LogP contribution in [0.4, 0.5) is 0 Å². The van der Waals surface area contributed by atoms with Crippen molar-refractivity contribution in [3.8, 4) is 22.8 Å². The van der Waals surface area contributed by atoms with Crippen LogP contribution in [0, 0.1) is 0 Å². The van der Waals surface area contributed by atoms with Crippen LogP contribution in [0.5, 0.6) is 0 Å². The number of hydrogen-bond donors (Lipinski definition) is 0. The highest BCUT2D eigenvalue weighted by atomic mass is 16.5. The van der Waals surface area contributed by atoms with Gasteiger partial charge in [-0.1, -0.05) is 47.6 Å². The van der Waals surface area contributed by atoms with E-state index in [1.807, 2.05) is 53.2 Å². The molecule has 0 N–H and O–H groups in total. The lowest BCUT2D eigenvalue weighted by molar-refractivity contribution is 0.432. The van der Waals surface area contributed by atoms with E-state index in [1.165, 1.54) is 0 Å². The fourth-order valence-electron chi connectivity index (χ4n) is 2.53. The summed E-state index contributed by atoms with van der Waals surface area (Å²) in [5, 5.41) is 12.4. The van der Waals surface area contributed by atoms with Crippen LogP contribution < -0.4 is 0 Å². The Hall–Kier alpha value is -3.02. The van der Waals surface area contributed by atoms with Crippen molar-refractivity contribution in [3.05, 3.63) is 48.5 Å². The van der Waals surface area contributed by atoms with Gasteiger partial charge in [-0.15, -0.1) is 5.10 Å². The summed E-state index contributed by atoms with van der Waals surface area (Å²) in [5.74, 6) is 1.06. The molecule has 0 saturated heterocycles. The zero-order valence-electron chi connectivity index (χ0n) is 12.7. The third-order valence-corrected chi connectivity index (χ3v) is 3.65. The Morgan fingerprint density at radius 2 is 1.91 bits per heavy atom. The molecule has 0 unspecified atom stereocenters. The minimum atomic E-state index is 0.482. The molecule has 0 bridgehead atoms. The number of nitrogens with zero attached hydrogens (tertiary/aromatic N) is 5. The summed E-state index contributed by atoms with van der Waals surface area (Å²) < 4.78 is 7.30. The van der Waals surface area contributed by atoms with Crippen LogP contribution >= 0.6 is 0 Å². The molecule has 2 aromatic carbocycles. The molecule has 0 saturated carbocycles. The summed E-state index contributed by atoms with van der Waals surface area (Å²) in [6.07, 6.45) is 1.02. The second-order valence-corrected chi connectivity index (χ2v) is 5.31. The molecule has 0 radical (unpaired) electrons. The van der Waals surface area contributed by atoms with Crippen LogP contribution in [0.25, 0.3) is 33.9 Å². The second kappa shape index (κ2) is 5.64. The van der Waals surface area contributed by atoms with Crippen LogP contribution in [-0.4, -0.2) is 25.1 Å². The Balaban J connectivity index is 1.71. The highest BCUT2D eigenvalue weighted by Crippen LogP contribution is 2.24. The molecule has 0 aliphatic rings. The number of hydrogen-bond acceptors (Lipinski definition) is 5. The van der Waals surface area contributed by atoms with Gasteiger partial charge < -0.3 is 4.52 Å². The van der Waals surface area contributed by atoms with Crippen molar-refractivity contribution in [2.75, 3.05) is 0 Å². The van der Waals surface area contributed by atoms with Gasteiger partial charge in [0.2, 0.25) is 5.82 Å². The quantitative estimate of drug-likeness (QED) is 0.576. The number of aryl methyl sites for hydroxylation is 1. The lowest BCUT2D eigenvalue weighted by Gasteiger charge is -1.99. The molecule has 6 heteroatoms.